The van der Waals surface area contributed by atoms with Crippen molar-refractivity contribution in [1.82, 2.24) is 0 Å². The van der Waals surface area contributed by atoms with E-state index in [0.29, 0.717) is 0 Å². The minimum absolute atomic E-state index is 0.0323. The molecule has 12 aromatic carbocycles. The summed E-state index contributed by atoms with van der Waals surface area (Å²) < 4.78 is 9.65. The lowest BCUT2D eigenvalue weighted by molar-refractivity contribution is 0.590. The quantitative estimate of drug-likeness (QED) is 0.134. The summed E-state index contributed by atoms with van der Waals surface area (Å²) in [4.78, 5) is 7.75. The summed E-state index contributed by atoms with van der Waals surface area (Å²) >= 11 is 1.94. The number of thiophene rings is 1. The van der Waals surface area contributed by atoms with E-state index in [1.165, 1.54) is 59.3 Å². The zero-order valence-electron chi connectivity index (χ0n) is 53.7. The van der Waals surface area contributed by atoms with Crippen molar-refractivity contribution >= 4 is 117 Å². The number of furan rings is 1. The molecule has 4 nitrogen and oxygen atoms in total. The van der Waals surface area contributed by atoms with Crippen molar-refractivity contribution < 1.29 is 4.42 Å². The topological polar surface area (TPSA) is 22.9 Å². The highest BCUT2D eigenvalue weighted by atomic mass is 32.1. The molecule has 446 valence electrons. The summed E-state index contributed by atoms with van der Waals surface area (Å²) in [6.45, 7) is 20.6. The summed E-state index contributed by atoms with van der Waals surface area (Å²) in [5.41, 5.74) is 27.0. The summed E-state index contributed by atoms with van der Waals surface area (Å²) in [6.07, 6.45) is 0. The first-order valence-electron chi connectivity index (χ1n) is 32.3. The summed E-state index contributed by atoms with van der Waals surface area (Å²) in [5.74, 6) is 0. The molecular weight excluding hydrogens is 1130 g/mol. The van der Waals surface area contributed by atoms with Crippen LogP contribution >= 0.6 is 11.3 Å². The van der Waals surface area contributed by atoms with Crippen molar-refractivity contribution in [2.75, 3.05) is 14.7 Å². The molecular formula is C86H72BN3OS. The molecule has 0 atom stereocenters. The molecule has 0 fully saturated rings. The van der Waals surface area contributed by atoms with Crippen LogP contribution in [-0.2, 0) is 16.2 Å². The van der Waals surface area contributed by atoms with E-state index in [1.54, 1.807) is 0 Å². The third kappa shape index (κ3) is 9.65. The van der Waals surface area contributed by atoms with E-state index in [1.807, 2.05) is 11.3 Å². The third-order valence-electron chi connectivity index (χ3n) is 19.1. The number of para-hydroxylation sites is 3. The minimum atomic E-state index is -0.171. The third-order valence-corrected chi connectivity index (χ3v) is 20.4. The maximum Gasteiger partial charge on any atom is 0.264 e. The Morgan fingerprint density at radius 1 is 0.370 bits per heavy atom. The van der Waals surface area contributed by atoms with Gasteiger partial charge in [0.1, 0.15) is 11.2 Å². The van der Waals surface area contributed by atoms with E-state index in [0.717, 1.165) is 101 Å². The first kappa shape index (κ1) is 57.1. The van der Waals surface area contributed by atoms with Gasteiger partial charge in [-0.15, -0.1) is 11.3 Å². The molecule has 0 unspecified atom stereocenters. The molecule has 6 heteroatoms. The smallest absolute Gasteiger partial charge is 0.264 e. The Morgan fingerprint density at radius 2 is 0.935 bits per heavy atom. The second kappa shape index (κ2) is 21.8. The second-order valence-electron chi connectivity index (χ2n) is 28.1. The first-order chi connectivity index (χ1) is 44.5. The molecule has 2 aliphatic rings. The Kier molecular flexibility index (Phi) is 13.5. The number of anilines is 9. The molecule has 0 aliphatic carbocycles. The number of benzene rings is 12. The monoisotopic (exact) mass is 1210 g/mol. The van der Waals surface area contributed by atoms with E-state index in [-0.39, 0.29) is 23.0 Å². The van der Waals surface area contributed by atoms with Crippen LogP contribution in [-0.4, -0.2) is 6.71 Å². The molecule has 92 heavy (non-hydrogen) atoms. The second-order valence-corrected chi connectivity index (χ2v) is 29.2. The highest BCUT2D eigenvalue weighted by molar-refractivity contribution is 7.33. The van der Waals surface area contributed by atoms with Crippen LogP contribution in [0, 0.1) is 0 Å². The maximum absolute atomic E-state index is 7.08. The molecule has 16 rings (SSSR count). The Balaban J connectivity index is 1.04. The van der Waals surface area contributed by atoms with E-state index in [2.05, 4.69) is 350 Å². The fourth-order valence-electron chi connectivity index (χ4n) is 14.3. The molecule has 0 N–H and O–H groups in total. The van der Waals surface area contributed by atoms with Gasteiger partial charge < -0.3 is 19.1 Å². The molecule has 4 heterocycles. The Morgan fingerprint density at radius 3 is 1.62 bits per heavy atom. The van der Waals surface area contributed by atoms with Crippen molar-refractivity contribution in [2.24, 2.45) is 0 Å². The largest absolute Gasteiger partial charge is 0.455 e. The van der Waals surface area contributed by atoms with Crippen molar-refractivity contribution in [2.45, 2.75) is 78.6 Å². The van der Waals surface area contributed by atoms with Crippen LogP contribution in [0.15, 0.2) is 277 Å². The normalized spacial score (nSPS) is 13.0. The van der Waals surface area contributed by atoms with Crippen LogP contribution in [0.4, 0.5) is 51.2 Å². The number of rotatable bonds is 9. The van der Waals surface area contributed by atoms with Gasteiger partial charge in [0.15, 0.2) is 0 Å². The molecule has 0 amide bonds. The number of nitrogens with zero attached hydrogens (tertiary/aromatic N) is 3. The van der Waals surface area contributed by atoms with E-state index in [4.69, 9.17) is 4.42 Å². The lowest BCUT2D eigenvalue weighted by Gasteiger charge is -2.44. The number of hydrogen-bond acceptors (Lipinski definition) is 5. The Hall–Kier alpha value is -10.1. The molecule has 0 spiro atoms. The minimum Gasteiger partial charge on any atom is -0.455 e. The van der Waals surface area contributed by atoms with Gasteiger partial charge in [-0.05, 0) is 157 Å². The number of hydrogen-bond donors (Lipinski definition) is 0. The Bertz CT molecular complexity index is 5160. The molecule has 0 radical (unpaired) electrons. The van der Waals surface area contributed by atoms with Crippen LogP contribution in [0.25, 0.3) is 76.5 Å². The van der Waals surface area contributed by atoms with Crippen molar-refractivity contribution in [3.8, 4) is 44.5 Å². The average molecular weight is 1210 g/mol. The maximum atomic E-state index is 7.08. The fraction of sp³-hybridized carbons (Fsp3) is 0.140. The van der Waals surface area contributed by atoms with Crippen molar-refractivity contribution in [1.29, 1.82) is 0 Å². The van der Waals surface area contributed by atoms with Crippen LogP contribution < -0.4 is 30.4 Å². The molecule has 2 aromatic heterocycles. The van der Waals surface area contributed by atoms with Gasteiger partial charge in [-0.25, -0.2) is 0 Å². The molecule has 14 aromatic rings. The highest BCUT2D eigenvalue weighted by Crippen LogP contribution is 2.54. The zero-order valence-corrected chi connectivity index (χ0v) is 54.5. The van der Waals surface area contributed by atoms with Gasteiger partial charge in [0.2, 0.25) is 0 Å². The molecule has 2 aliphatic heterocycles. The Labute approximate surface area is 545 Å². The van der Waals surface area contributed by atoms with Crippen LogP contribution in [0.5, 0.6) is 0 Å². The van der Waals surface area contributed by atoms with Gasteiger partial charge in [0.25, 0.3) is 6.71 Å². The SMILES string of the molecule is CC(C)(C)c1ccc(N(c2ccc3c(c2)N(c2ccc(C(C)(C)C)cc2-c2cccc4c2oc2ccccc24)c2cc(-c4ccccc4)cc4c2B3c2sc3ccc(-c5ccccc5)cc3c2N4c2ccc(C(C)(C)C)cc2)c2ccccc2-c2ccccc2)cc1. The lowest BCUT2D eigenvalue weighted by Crippen LogP contribution is -2.60. The average Bonchev–Trinajstić information content (AvgIpc) is 1.23. The highest BCUT2D eigenvalue weighted by Gasteiger charge is 2.46. The van der Waals surface area contributed by atoms with Gasteiger partial charge in [0, 0.05) is 76.4 Å². The van der Waals surface area contributed by atoms with E-state index in [9.17, 15) is 0 Å². The summed E-state index contributed by atoms with van der Waals surface area (Å²) in [6, 6.07) is 102. The number of fused-ring (bicyclic) bond motifs is 9. The van der Waals surface area contributed by atoms with Crippen LogP contribution in [0.2, 0.25) is 0 Å². The first-order valence-corrected chi connectivity index (χ1v) is 33.2. The summed E-state index contributed by atoms with van der Waals surface area (Å²) in [7, 11) is 0. The molecule has 0 saturated carbocycles. The van der Waals surface area contributed by atoms with E-state index >= 15 is 0 Å². The molecule has 0 bridgehead atoms. The predicted octanol–water partition coefficient (Wildman–Crippen LogP) is 22.9. The van der Waals surface area contributed by atoms with Crippen molar-refractivity contribution in [3.05, 3.63) is 290 Å². The standard InChI is InChI=1S/C86H72BN3OS/c1-84(2,3)60-37-42-63(43-38-60)88(73-34-21-19-30-66(73)57-28-17-12-18-29-57)65-46-47-72-75(54-65)90(74-48-41-62(86(7,8)9)53-70(74)69-33-23-32-68-67-31-20-22-35-78(67)91-82(68)69)77-52-59(56-26-15-11-16-27-56)51-76-80(77)87(72)83-81(89(76)64-44-39-61(40-45-64)85(4,5)6)71-50-58(36-49-79(71)92-83)55-24-13-10-14-25-55/h10-54H,1-9H3. The predicted molar refractivity (Wildman–Crippen MR) is 396 cm³/mol. The van der Waals surface area contributed by atoms with Gasteiger partial charge >= 0.3 is 0 Å². The van der Waals surface area contributed by atoms with Gasteiger partial charge in [-0.3, -0.25) is 0 Å². The van der Waals surface area contributed by atoms with Crippen LogP contribution in [0.3, 0.4) is 0 Å². The summed E-state index contributed by atoms with van der Waals surface area (Å²) in [5, 5.41) is 3.45. The van der Waals surface area contributed by atoms with Gasteiger partial charge in [0.05, 0.1) is 17.1 Å². The van der Waals surface area contributed by atoms with Crippen LogP contribution in [0.1, 0.15) is 79.0 Å². The lowest BCUT2D eigenvalue weighted by atomic mass is 9.36. The zero-order chi connectivity index (χ0) is 62.8. The van der Waals surface area contributed by atoms with Crippen molar-refractivity contribution in [3.63, 3.8) is 0 Å². The fourth-order valence-corrected chi connectivity index (χ4v) is 15.6. The van der Waals surface area contributed by atoms with Gasteiger partial charge in [-0.2, -0.15) is 0 Å². The van der Waals surface area contributed by atoms with Gasteiger partial charge in [-0.1, -0.05) is 250 Å². The van der Waals surface area contributed by atoms with E-state index < -0.39 is 0 Å². The molecule has 0 saturated heterocycles.